The molecule has 0 bridgehead atoms. The molecule has 3 aromatic carbocycles. The molecule has 0 aliphatic carbocycles. The number of H-pyrrole nitrogens is 1. The number of rotatable bonds is 5. The fourth-order valence-electron chi connectivity index (χ4n) is 3.78. The minimum absolute atomic E-state index is 0.222. The first-order chi connectivity index (χ1) is 16.1. The first-order valence-corrected chi connectivity index (χ1v) is 10.6. The van der Waals surface area contributed by atoms with E-state index in [9.17, 15) is 9.59 Å². The molecular formula is C26H21N5O2. The molecule has 5 aromatic rings. The van der Waals surface area contributed by atoms with Gasteiger partial charge in [0.05, 0.1) is 17.6 Å². The Morgan fingerprint density at radius 2 is 1.64 bits per heavy atom. The fraction of sp³-hybridized carbons (Fsp3) is 0.0769. The van der Waals surface area contributed by atoms with Gasteiger partial charge in [0.1, 0.15) is 0 Å². The van der Waals surface area contributed by atoms with Crippen LogP contribution in [0.25, 0.3) is 22.0 Å². The molecule has 0 aliphatic heterocycles. The Hall–Kier alpha value is -4.52. The topological polar surface area (TPSA) is 92.7 Å². The molecule has 0 unspecified atom stereocenters. The van der Waals surface area contributed by atoms with Gasteiger partial charge in [0, 0.05) is 22.3 Å². The smallest absolute Gasteiger partial charge is 0.276 e. The third-order valence-electron chi connectivity index (χ3n) is 5.50. The number of anilines is 1. The number of aromatic nitrogens is 4. The molecule has 7 heteroatoms. The van der Waals surface area contributed by atoms with Crippen molar-refractivity contribution in [3.63, 3.8) is 0 Å². The highest BCUT2D eigenvalue weighted by Crippen LogP contribution is 2.25. The lowest BCUT2D eigenvalue weighted by Crippen LogP contribution is -2.13. The van der Waals surface area contributed by atoms with Gasteiger partial charge in [-0.05, 0) is 36.8 Å². The predicted octanol–water partition coefficient (Wildman–Crippen LogP) is 4.40. The summed E-state index contributed by atoms with van der Waals surface area (Å²) < 4.78 is 1.82. The molecular weight excluding hydrogens is 414 g/mol. The molecule has 0 fully saturated rings. The SMILES string of the molecule is Cc1cc(C(=O)Nc2ccc(-c3n[nH]c(=O)c4ccccc34)cc2)nn1Cc1ccccc1. The van der Waals surface area contributed by atoms with Crippen molar-refractivity contribution in [1.82, 2.24) is 20.0 Å². The van der Waals surface area contributed by atoms with Gasteiger partial charge in [0.25, 0.3) is 11.5 Å². The molecule has 2 aromatic heterocycles. The van der Waals surface area contributed by atoms with E-state index in [4.69, 9.17) is 0 Å². The summed E-state index contributed by atoms with van der Waals surface area (Å²) in [7, 11) is 0. The molecule has 0 aliphatic rings. The van der Waals surface area contributed by atoms with E-state index in [1.54, 1.807) is 12.1 Å². The average molecular weight is 435 g/mol. The maximum absolute atomic E-state index is 12.8. The van der Waals surface area contributed by atoms with Crippen molar-refractivity contribution in [1.29, 1.82) is 0 Å². The summed E-state index contributed by atoms with van der Waals surface area (Å²) in [5.74, 6) is -0.273. The summed E-state index contributed by atoms with van der Waals surface area (Å²) in [6.07, 6.45) is 0. The van der Waals surface area contributed by atoms with Crippen LogP contribution in [0.5, 0.6) is 0 Å². The summed E-state index contributed by atoms with van der Waals surface area (Å²) in [6, 6.07) is 26.5. The van der Waals surface area contributed by atoms with Crippen LogP contribution < -0.4 is 10.9 Å². The lowest BCUT2D eigenvalue weighted by atomic mass is 10.0. The van der Waals surface area contributed by atoms with Crippen molar-refractivity contribution < 1.29 is 4.79 Å². The van der Waals surface area contributed by atoms with E-state index >= 15 is 0 Å². The standard InChI is InChI=1S/C26H21N5O2/c1-17-15-23(30-31(17)16-18-7-3-2-4-8-18)26(33)27-20-13-11-19(12-14-20)24-21-9-5-6-10-22(21)25(32)29-28-24/h2-15H,16H2,1H3,(H,27,33)(H,29,32). The van der Waals surface area contributed by atoms with E-state index in [0.29, 0.717) is 29.0 Å². The second-order valence-electron chi connectivity index (χ2n) is 7.79. The number of carbonyl (C=O) groups is 1. The number of fused-ring (bicyclic) bond motifs is 1. The normalized spacial score (nSPS) is 10.9. The van der Waals surface area contributed by atoms with Crippen molar-refractivity contribution >= 4 is 22.4 Å². The van der Waals surface area contributed by atoms with Gasteiger partial charge in [-0.1, -0.05) is 60.7 Å². The highest BCUT2D eigenvalue weighted by Gasteiger charge is 2.14. The molecule has 2 heterocycles. The quantitative estimate of drug-likeness (QED) is 0.428. The minimum Gasteiger partial charge on any atom is -0.321 e. The molecule has 2 N–H and O–H groups in total. The van der Waals surface area contributed by atoms with Crippen LogP contribution in [0.2, 0.25) is 0 Å². The minimum atomic E-state index is -0.273. The summed E-state index contributed by atoms with van der Waals surface area (Å²) >= 11 is 0. The molecule has 0 atom stereocenters. The van der Waals surface area contributed by atoms with Gasteiger partial charge in [-0.3, -0.25) is 14.3 Å². The first-order valence-electron chi connectivity index (χ1n) is 10.6. The molecule has 0 saturated heterocycles. The van der Waals surface area contributed by atoms with Crippen LogP contribution in [-0.4, -0.2) is 25.9 Å². The summed E-state index contributed by atoms with van der Waals surface area (Å²) in [5, 5.41) is 15.5. The van der Waals surface area contributed by atoms with Crippen molar-refractivity contribution in [2.24, 2.45) is 0 Å². The summed E-state index contributed by atoms with van der Waals surface area (Å²) in [5.41, 5.74) is 4.33. The lowest BCUT2D eigenvalue weighted by molar-refractivity contribution is 0.102. The highest BCUT2D eigenvalue weighted by molar-refractivity contribution is 6.03. The molecule has 5 rings (SSSR count). The number of benzene rings is 3. The van der Waals surface area contributed by atoms with E-state index in [2.05, 4.69) is 20.6 Å². The molecule has 0 spiro atoms. The van der Waals surface area contributed by atoms with Crippen LogP contribution in [-0.2, 0) is 6.54 Å². The summed E-state index contributed by atoms with van der Waals surface area (Å²) in [4.78, 5) is 24.8. The maximum atomic E-state index is 12.8. The van der Waals surface area contributed by atoms with E-state index in [1.807, 2.05) is 84.4 Å². The van der Waals surface area contributed by atoms with Crippen molar-refractivity contribution in [2.75, 3.05) is 5.32 Å². The Balaban J connectivity index is 1.34. The number of hydrogen-bond donors (Lipinski definition) is 2. The van der Waals surface area contributed by atoms with E-state index < -0.39 is 0 Å². The van der Waals surface area contributed by atoms with Crippen molar-refractivity contribution in [3.05, 3.63) is 112 Å². The van der Waals surface area contributed by atoms with Crippen LogP contribution in [0.1, 0.15) is 21.7 Å². The molecule has 162 valence electrons. The fourth-order valence-corrected chi connectivity index (χ4v) is 3.78. The van der Waals surface area contributed by atoms with E-state index in [1.165, 1.54) is 0 Å². The largest absolute Gasteiger partial charge is 0.321 e. The van der Waals surface area contributed by atoms with Crippen molar-refractivity contribution in [3.8, 4) is 11.3 Å². The average Bonchev–Trinajstić information content (AvgIpc) is 3.21. The van der Waals surface area contributed by atoms with Gasteiger partial charge in [-0.25, -0.2) is 5.10 Å². The van der Waals surface area contributed by atoms with Gasteiger partial charge in [-0.2, -0.15) is 10.2 Å². The van der Waals surface area contributed by atoms with Crippen LogP contribution in [0.15, 0.2) is 89.7 Å². The number of carbonyl (C=O) groups excluding carboxylic acids is 1. The zero-order valence-corrected chi connectivity index (χ0v) is 17.9. The van der Waals surface area contributed by atoms with E-state index in [0.717, 1.165) is 22.2 Å². The zero-order valence-electron chi connectivity index (χ0n) is 17.9. The van der Waals surface area contributed by atoms with Gasteiger partial charge in [0.2, 0.25) is 0 Å². The van der Waals surface area contributed by atoms with Crippen LogP contribution in [0.3, 0.4) is 0 Å². The van der Waals surface area contributed by atoms with Gasteiger partial charge < -0.3 is 5.32 Å². The van der Waals surface area contributed by atoms with E-state index in [-0.39, 0.29) is 11.5 Å². The number of hydrogen-bond acceptors (Lipinski definition) is 4. The second kappa shape index (κ2) is 8.55. The van der Waals surface area contributed by atoms with Gasteiger partial charge in [-0.15, -0.1) is 0 Å². The van der Waals surface area contributed by atoms with Gasteiger partial charge in [0.15, 0.2) is 5.69 Å². The number of nitrogens with one attached hydrogen (secondary N) is 2. The Morgan fingerprint density at radius 3 is 2.39 bits per heavy atom. The zero-order chi connectivity index (χ0) is 22.8. The maximum Gasteiger partial charge on any atom is 0.276 e. The molecule has 33 heavy (non-hydrogen) atoms. The molecule has 1 amide bonds. The molecule has 0 radical (unpaired) electrons. The lowest BCUT2D eigenvalue weighted by Gasteiger charge is -2.07. The monoisotopic (exact) mass is 435 g/mol. The molecule has 0 saturated carbocycles. The van der Waals surface area contributed by atoms with Crippen molar-refractivity contribution in [2.45, 2.75) is 13.5 Å². The third-order valence-corrected chi connectivity index (χ3v) is 5.50. The Kier molecular flexibility index (Phi) is 5.28. The second-order valence-corrected chi connectivity index (χ2v) is 7.79. The number of amides is 1. The Labute approximate surface area is 189 Å². The number of nitrogens with zero attached hydrogens (tertiary/aromatic N) is 3. The van der Waals surface area contributed by atoms with Crippen LogP contribution in [0, 0.1) is 6.92 Å². The molecule has 7 nitrogen and oxygen atoms in total. The number of aromatic amines is 1. The van der Waals surface area contributed by atoms with Gasteiger partial charge >= 0.3 is 0 Å². The predicted molar refractivity (Wildman–Crippen MR) is 128 cm³/mol. The first kappa shape index (κ1) is 20.4. The number of aryl methyl sites for hydroxylation is 1. The van der Waals surface area contributed by atoms with Crippen LogP contribution >= 0.6 is 0 Å². The highest BCUT2D eigenvalue weighted by atomic mass is 16.2. The summed E-state index contributed by atoms with van der Waals surface area (Å²) in [6.45, 7) is 2.54. The van der Waals surface area contributed by atoms with Crippen LogP contribution in [0.4, 0.5) is 5.69 Å². The third kappa shape index (κ3) is 4.16. The Morgan fingerprint density at radius 1 is 0.939 bits per heavy atom. The Bertz CT molecular complexity index is 1500.